The number of nitrogens with one attached hydrogen (secondary N) is 2. The highest BCUT2D eigenvalue weighted by atomic mass is 32.2. The van der Waals surface area contributed by atoms with Gasteiger partial charge in [-0.15, -0.1) is 0 Å². The van der Waals surface area contributed by atoms with Gasteiger partial charge in [0.2, 0.25) is 10.0 Å². The average Bonchev–Trinajstić information content (AvgIpc) is 3.08. The summed E-state index contributed by atoms with van der Waals surface area (Å²) in [4.78, 5) is 23.8. The summed E-state index contributed by atoms with van der Waals surface area (Å²) >= 11 is 0. The van der Waals surface area contributed by atoms with Crippen LogP contribution in [0.5, 0.6) is 0 Å². The molecule has 26 heavy (non-hydrogen) atoms. The molecule has 1 fully saturated rings. The zero-order valence-corrected chi connectivity index (χ0v) is 16.4. The van der Waals surface area contributed by atoms with E-state index in [1.165, 1.54) is 4.31 Å². The molecule has 0 radical (unpaired) electrons. The van der Waals surface area contributed by atoms with E-state index in [0.29, 0.717) is 30.0 Å². The minimum atomic E-state index is -3.64. The van der Waals surface area contributed by atoms with E-state index in [0.717, 1.165) is 18.4 Å². The minimum Gasteiger partial charge on any atom is -0.348 e. The van der Waals surface area contributed by atoms with Gasteiger partial charge in [-0.2, -0.15) is 4.31 Å². The lowest BCUT2D eigenvalue weighted by molar-refractivity contribution is -0.139. The Morgan fingerprint density at radius 2 is 1.88 bits per heavy atom. The Morgan fingerprint density at radius 3 is 2.58 bits per heavy atom. The minimum absolute atomic E-state index is 0.127. The highest BCUT2D eigenvalue weighted by molar-refractivity contribution is 7.89. The normalized spacial score (nSPS) is 17.9. The third-order valence-electron chi connectivity index (χ3n) is 4.49. The van der Waals surface area contributed by atoms with Crippen LogP contribution in [0.2, 0.25) is 0 Å². The molecule has 144 valence electrons. The van der Waals surface area contributed by atoms with E-state index in [-0.39, 0.29) is 12.6 Å². The van der Waals surface area contributed by atoms with Gasteiger partial charge in [0.15, 0.2) is 0 Å². The Labute approximate surface area is 155 Å². The Kier molecular flexibility index (Phi) is 6.77. The van der Waals surface area contributed by atoms with Crippen LogP contribution in [0.4, 0.5) is 0 Å². The fraction of sp³-hybridized carbons (Fsp3) is 0.556. The maximum absolute atomic E-state index is 13.1. The number of aryl methyl sites for hydroxylation is 2. The van der Waals surface area contributed by atoms with Crippen LogP contribution in [-0.2, 0) is 19.6 Å². The molecule has 0 aromatic heterocycles. The van der Waals surface area contributed by atoms with Gasteiger partial charge in [-0.1, -0.05) is 19.1 Å². The van der Waals surface area contributed by atoms with Gasteiger partial charge in [0.05, 0.1) is 4.90 Å². The monoisotopic (exact) mass is 381 g/mol. The van der Waals surface area contributed by atoms with Crippen LogP contribution in [-0.4, -0.2) is 50.2 Å². The molecule has 0 bridgehead atoms. The predicted molar refractivity (Wildman–Crippen MR) is 99.1 cm³/mol. The number of benzene rings is 1. The van der Waals surface area contributed by atoms with Crippen LogP contribution in [0.3, 0.4) is 0 Å². The molecule has 1 heterocycles. The van der Waals surface area contributed by atoms with Crippen LogP contribution in [0, 0.1) is 13.8 Å². The fourth-order valence-corrected chi connectivity index (χ4v) is 5.06. The number of sulfonamides is 1. The Balaban J connectivity index is 2.08. The summed E-state index contributed by atoms with van der Waals surface area (Å²) in [5.74, 6) is -1.41. The second-order valence-corrected chi connectivity index (χ2v) is 8.51. The molecule has 1 aromatic rings. The van der Waals surface area contributed by atoms with E-state index in [2.05, 4.69) is 10.6 Å². The second-order valence-electron chi connectivity index (χ2n) is 6.65. The molecule has 2 amide bonds. The van der Waals surface area contributed by atoms with Gasteiger partial charge in [0.25, 0.3) is 0 Å². The topological polar surface area (TPSA) is 95.6 Å². The molecule has 1 saturated heterocycles. The van der Waals surface area contributed by atoms with Crippen molar-refractivity contribution >= 4 is 21.8 Å². The first-order valence-electron chi connectivity index (χ1n) is 8.92. The highest BCUT2D eigenvalue weighted by Crippen LogP contribution is 2.28. The average molecular weight is 381 g/mol. The molecule has 2 rings (SSSR count). The van der Waals surface area contributed by atoms with Crippen molar-refractivity contribution in [2.75, 3.05) is 19.6 Å². The molecule has 8 heteroatoms. The number of nitrogens with zero attached hydrogens (tertiary/aromatic N) is 1. The predicted octanol–water partition coefficient (Wildman–Crippen LogP) is 1.10. The summed E-state index contributed by atoms with van der Waals surface area (Å²) in [7, 11) is -3.64. The van der Waals surface area contributed by atoms with Crippen molar-refractivity contribution in [3.05, 3.63) is 29.3 Å². The fourth-order valence-electron chi connectivity index (χ4n) is 3.05. The maximum atomic E-state index is 13.1. The lowest BCUT2D eigenvalue weighted by Gasteiger charge is -2.25. The van der Waals surface area contributed by atoms with Gasteiger partial charge in [-0.3, -0.25) is 9.59 Å². The molecule has 1 atom stereocenters. The third-order valence-corrected chi connectivity index (χ3v) is 6.59. The molecule has 1 aromatic carbocycles. The molecule has 2 N–H and O–H groups in total. The summed E-state index contributed by atoms with van der Waals surface area (Å²) in [6.45, 7) is 6.50. The number of rotatable bonds is 6. The first kappa shape index (κ1) is 20.4. The molecule has 1 unspecified atom stereocenters. The highest BCUT2D eigenvalue weighted by Gasteiger charge is 2.36. The number of hydrogen-bond donors (Lipinski definition) is 2. The van der Waals surface area contributed by atoms with Crippen molar-refractivity contribution in [2.24, 2.45) is 0 Å². The van der Waals surface area contributed by atoms with Crippen LogP contribution in [0.15, 0.2) is 23.1 Å². The zero-order valence-electron chi connectivity index (χ0n) is 15.5. The zero-order chi connectivity index (χ0) is 19.3. The molecule has 0 aliphatic carbocycles. The van der Waals surface area contributed by atoms with Crippen molar-refractivity contribution < 1.29 is 18.0 Å². The van der Waals surface area contributed by atoms with Gasteiger partial charge >= 0.3 is 11.8 Å². The van der Waals surface area contributed by atoms with Crippen molar-refractivity contribution in [3.63, 3.8) is 0 Å². The van der Waals surface area contributed by atoms with Gasteiger partial charge in [-0.25, -0.2) is 8.42 Å². The van der Waals surface area contributed by atoms with E-state index >= 15 is 0 Å². The number of amides is 2. The summed E-state index contributed by atoms with van der Waals surface area (Å²) < 4.78 is 27.6. The van der Waals surface area contributed by atoms with Gasteiger partial charge in [0.1, 0.15) is 0 Å². The van der Waals surface area contributed by atoms with E-state index in [1.54, 1.807) is 19.1 Å². The molecular weight excluding hydrogens is 354 g/mol. The van der Waals surface area contributed by atoms with Gasteiger partial charge in [-0.05, 0) is 50.3 Å². The Hall–Kier alpha value is -1.93. The molecule has 7 nitrogen and oxygen atoms in total. The first-order valence-corrected chi connectivity index (χ1v) is 10.4. The molecule has 1 aliphatic heterocycles. The first-order chi connectivity index (χ1) is 12.3. The van der Waals surface area contributed by atoms with Crippen LogP contribution in [0.25, 0.3) is 0 Å². The van der Waals surface area contributed by atoms with Crippen LogP contribution < -0.4 is 10.6 Å². The van der Waals surface area contributed by atoms with Crippen LogP contribution in [0.1, 0.15) is 37.3 Å². The molecule has 0 saturated carbocycles. The van der Waals surface area contributed by atoms with E-state index < -0.39 is 21.8 Å². The van der Waals surface area contributed by atoms with Crippen LogP contribution >= 0.6 is 0 Å². The lowest BCUT2D eigenvalue weighted by atomic mass is 10.2. The largest absolute Gasteiger partial charge is 0.348 e. The second kappa shape index (κ2) is 8.64. The number of carbonyl (C=O) groups is 2. The summed E-state index contributed by atoms with van der Waals surface area (Å²) in [5, 5.41) is 5.06. The summed E-state index contributed by atoms with van der Waals surface area (Å²) in [5.41, 5.74) is 1.58. The standard InChI is InChI=1S/C18H27N3O4S/c1-4-9-19-17(22)18(23)20-12-15-6-5-10-21(15)26(24,25)16-11-13(2)7-8-14(16)3/h7-8,11,15H,4-6,9-10,12H2,1-3H3,(H,19,22)(H,20,23). The maximum Gasteiger partial charge on any atom is 0.309 e. The molecule has 1 aliphatic rings. The lowest BCUT2D eigenvalue weighted by Crippen LogP contribution is -2.47. The van der Waals surface area contributed by atoms with Crippen molar-refractivity contribution in [1.29, 1.82) is 0 Å². The molecular formula is C18H27N3O4S. The summed E-state index contributed by atoms with van der Waals surface area (Å²) in [6.07, 6.45) is 2.12. The van der Waals surface area contributed by atoms with E-state index in [4.69, 9.17) is 0 Å². The Morgan fingerprint density at radius 1 is 1.19 bits per heavy atom. The number of hydrogen-bond acceptors (Lipinski definition) is 4. The van der Waals surface area contributed by atoms with Gasteiger partial charge < -0.3 is 10.6 Å². The van der Waals surface area contributed by atoms with Gasteiger partial charge in [0, 0.05) is 25.7 Å². The third kappa shape index (κ3) is 4.62. The molecule has 0 spiro atoms. The SMILES string of the molecule is CCCNC(=O)C(=O)NCC1CCCN1S(=O)(=O)c1cc(C)ccc1C. The van der Waals surface area contributed by atoms with Crippen molar-refractivity contribution in [3.8, 4) is 0 Å². The quantitative estimate of drug-likeness (QED) is 0.721. The van der Waals surface area contributed by atoms with Crippen molar-refractivity contribution in [1.82, 2.24) is 14.9 Å². The van der Waals surface area contributed by atoms with E-state index in [9.17, 15) is 18.0 Å². The van der Waals surface area contributed by atoms with E-state index in [1.807, 2.05) is 19.9 Å². The number of carbonyl (C=O) groups excluding carboxylic acids is 2. The smallest absolute Gasteiger partial charge is 0.309 e. The summed E-state index contributed by atoms with van der Waals surface area (Å²) in [6, 6.07) is 5.01. The Bertz CT molecular complexity index is 777. The van der Waals surface area contributed by atoms with Crippen molar-refractivity contribution in [2.45, 2.75) is 51.0 Å².